The molecule has 1 aliphatic carbocycles. The molecule has 0 nitrogen and oxygen atoms in total. The van der Waals surface area contributed by atoms with Gasteiger partial charge in [0.05, 0.1) is 0 Å². The summed E-state index contributed by atoms with van der Waals surface area (Å²) in [6.07, 6.45) is 0. The van der Waals surface area contributed by atoms with Crippen LogP contribution in [0.1, 0.15) is 34.4 Å². The van der Waals surface area contributed by atoms with Crippen molar-refractivity contribution in [1.29, 1.82) is 0 Å². The van der Waals surface area contributed by atoms with Gasteiger partial charge in [-0.15, -0.1) is 0 Å². The van der Waals surface area contributed by atoms with Crippen molar-refractivity contribution in [2.24, 2.45) is 0 Å². The molecule has 0 heterocycles. The maximum Gasteiger partial charge on any atom is 0.129 e. The van der Waals surface area contributed by atoms with Gasteiger partial charge in [-0.3, -0.25) is 0 Å². The lowest BCUT2D eigenvalue weighted by atomic mass is 10.0. The van der Waals surface area contributed by atoms with Gasteiger partial charge in [0.15, 0.2) is 0 Å². The second kappa shape index (κ2) is 6.03. The van der Waals surface area contributed by atoms with Crippen molar-refractivity contribution in [2.75, 3.05) is 0 Å². The molecule has 0 aliphatic heterocycles. The Morgan fingerprint density at radius 1 is 0.520 bits per heavy atom. The van der Waals surface area contributed by atoms with Crippen molar-refractivity contribution < 1.29 is 17.6 Å². The summed E-state index contributed by atoms with van der Waals surface area (Å²) in [7, 11) is 0. The Kier molecular flexibility index (Phi) is 3.83. The minimum atomic E-state index is -0.650. The number of halogens is 4. The van der Waals surface area contributed by atoms with Crippen LogP contribution >= 0.6 is 0 Å². The third kappa shape index (κ3) is 2.82. The lowest BCUT2D eigenvalue weighted by Gasteiger charge is -2.04. The number of hydrogen-bond acceptors (Lipinski definition) is 0. The number of benzene rings is 3. The molecular formula is C21H14F4. The highest BCUT2D eigenvalue weighted by Crippen LogP contribution is 2.66. The molecule has 25 heavy (non-hydrogen) atoms. The van der Waals surface area contributed by atoms with Crippen LogP contribution in [0.3, 0.4) is 0 Å². The highest BCUT2D eigenvalue weighted by molar-refractivity contribution is 5.48. The Bertz CT molecular complexity index is 863. The SMILES string of the molecule is Fc1ccc(C2C(c3ccccc3)C2c2ccc(F)cc2F)c(F)c1. The Morgan fingerprint density at radius 2 is 1.00 bits per heavy atom. The normalized spacial score (nSPS) is 22.0. The van der Waals surface area contributed by atoms with Gasteiger partial charge < -0.3 is 0 Å². The average molecular weight is 342 g/mol. The van der Waals surface area contributed by atoms with Gasteiger partial charge in [-0.1, -0.05) is 42.5 Å². The molecule has 4 heteroatoms. The van der Waals surface area contributed by atoms with E-state index in [4.69, 9.17) is 0 Å². The van der Waals surface area contributed by atoms with Gasteiger partial charge in [0.25, 0.3) is 0 Å². The van der Waals surface area contributed by atoms with Crippen molar-refractivity contribution in [3.63, 3.8) is 0 Å². The van der Waals surface area contributed by atoms with Crippen molar-refractivity contribution >= 4 is 0 Å². The smallest absolute Gasteiger partial charge is 0.129 e. The molecule has 0 saturated heterocycles. The third-order valence-electron chi connectivity index (χ3n) is 4.85. The van der Waals surface area contributed by atoms with Gasteiger partial charge >= 0.3 is 0 Å². The van der Waals surface area contributed by atoms with Crippen molar-refractivity contribution in [1.82, 2.24) is 0 Å². The second-order valence-electron chi connectivity index (χ2n) is 6.32. The van der Waals surface area contributed by atoms with Crippen LogP contribution in [0.5, 0.6) is 0 Å². The van der Waals surface area contributed by atoms with E-state index in [1.807, 2.05) is 30.3 Å². The molecule has 1 saturated carbocycles. The fourth-order valence-electron chi connectivity index (χ4n) is 3.72. The highest BCUT2D eigenvalue weighted by atomic mass is 19.1. The summed E-state index contributed by atoms with van der Waals surface area (Å²) in [6, 6.07) is 16.3. The molecule has 0 spiro atoms. The first kappa shape index (κ1) is 15.9. The quantitative estimate of drug-likeness (QED) is 0.519. The maximum atomic E-state index is 14.3. The standard InChI is InChI=1S/C21H14F4/c22-13-6-8-15(17(24)10-13)20-19(12-4-2-1-3-5-12)21(20)16-9-7-14(23)11-18(16)25/h1-11,19-21H. The molecule has 0 amide bonds. The Morgan fingerprint density at radius 3 is 1.44 bits per heavy atom. The van der Waals surface area contributed by atoms with Gasteiger partial charge in [0.1, 0.15) is 23.3 Å². The van der Waals surface area contributed by atoms with E-state index in [9.17, 15) is 17.6 Å². The zero-order valence-corrected chi connectivity index (χ0v) is 13.1. The minimum Gasteiger partial charge on any atom is -0.207 e. The molecule has 0 radical (unpaired) electrons. The fraction of sp³-hybridized carbons (Fsp3) is 0.143. The van der Waals surface area contributed by atoms with E-state index in [0.717, 1.165) is 17.7 Å². The monoisotopic (exact) mass is 342 g/mol. The van der Waals surface area contributed by atoms with Crippen LogP contribution in [0.25, 0.3) is 0 Å². The summed E-state index contributed by atoms with van der Waals surface area (Å²) >= 11 is 0. The molecule has 4 rings (SSSR count). The van der Waals surface area contributed by atoms with Crippen molar-refractivity contribution in [3.05, 3.63) is 107 Å². The summed E-state index contributed by atoms with van der Waals surface area (Å²) in [5, 5.41) is 0. The second-order valence-corrected chi connectivity index (χ2v) is 6.32. The van der Waals surface area contributed by atoms with Crippen LogP contribution in [0.2, 0.25) is 0 Å². The van der Waals surface area contributed by atoms with E-state index in [2.05, 4.69) is 0 Å². The lowest BCUT2D eigenvalue weighted by Crippen LogP contribution is -1.93. The van der Waals surface area contributed by atoms with Crippen LogP contribution in [0, 0.1) is 23.3 Å². The topological polar surface area (TPSA) is 0 Å². The molecule has 0 N–H and O–H groups in total. The summed E-state index contributed by atoms with van der Waals surface area (Å²) < 4.78 is 55.1. The zero-order valence-electron chi connectivity index (χ0n) is 13.1. The molecule has 3 aromatic rings. The van der Waals surface area contributed by atoms with Gasteiger partial charge in [0, 0.05) is 24.0 Å². The molecule has 2 unspecified atom stereocenters. The first-order valence-corrected chi connectivity index (χ1v) is 8.01. The van der Waals surface area contributed by atoms with E-state index >= 15 is 0 Å². The number of hydrogen-bond donors (Lipinski definition) is 0. The zero-order chi connectivity index (χ0) is 17.6. The van der Waals surface area contributed by atoms with Crippen LogP contribution in [0.15, 0.2) is 66.7 Å². The van der Waals surface area contributed by atoms with Gasteiger partial charge in [-0.2, -0.15) is 0 Å². The van der Waals surface area contributed by atoms with E-state index < -0.39 is 23.3 Å². The van der Waals surface area contributed by atoms with Crippen LogP contribution in [-0.2, 0) is 0 Å². The van der Waals surface area contributed by atoms with Gasteiger partial charge in [0.2, 0.25) is 0 Å². The largest absolute Gasteiger partial charge is 0.207 e. The molecule has 126 valence electrons. The van der Waals surface area contributed by atoms with E-state index in [1.165, 1.54) is 24.3 Å². The Hall–Kier alpha value is -2.62. The van der Waals surface area contributed by atoms with Gasteiger partial charge in [-0.25, -0.2) is 17.6 Å². The van der Waals surface area contributed by atoms with E-state index in [1.54, 1.807) is 0 Å². The summed E-state index contributed by atoms with van der Waals surface area (Å²) in [6.45, 7) is 0. The van der Waals surface area contributed by atoms with Crippen LogP contribution in [0.4, 0.5) is 17.6 Å². The molecule has 1 fully saturated rings. The molecule has 3 aromatic carbocycles. The molecule has 0 aromatic heterocycles. The number of rotatable bonds is 3. The van der Waals surface area contributed by atoms with Crippen molar-refractivity contribution in [3.8, 4) is 0 Å². The molecule has 2 atom stereocenters. The highest BCUT2D eigenvalue weighted by Gasteiger charge is 2.54. The maximum absolute atomic E-state index is 14.3. The third-order valence-corrected chi connectivity index (χ3v) is 4.85. The average Bonchev–Trinajstić information content (AvgIpc) is 3.30. The molecule has 1 aliphatic rings. The van der Waals surface area contributed by atoms with E-state index in [-0.39, 0.29) is 17.8 Å². The first-order valence-electron chi connectivity index (χ1n) is 8.01. The van der Waals surface area contributed by atoms with Crippen LogP contribution in [-0.4, -0.2) is 0 Å². The fourth-order valence-corrected chi connectivity index (χ4v) is 3.72. The van der Waals surface area contributed by atoms with Gasteiger partial charge in [-0.05, 0) is 34.7 Å². The summed E-state index contributed by atoms with van der Waals surface area (Å²) in [4.78, 5) is 0. The summed E-state index contributed by atoms with van der Waals surface area (Å²) in [5.41, 5.74) is 1.65. The summed E-state index contributed by atoms with van der Waals surface area (Å²) in [5.74, 6) is -3.36. The van der Waals surface area contributed by atoms with E-state index in [0.29, 0.717) is 11.1 Å². The lowest BCUT2D eigenvalue weighted by molar-refractivity contribution is 0.565. The van der Waals surface area contributed by atoms with Crippen molar-refractivity contribution in [2.45, 2.75) is 17.8 Å². The Labute approximate surface area is 142 Å². The first-order chi connectivity index (χ1) is 12.1. The van der Waals surface area contributed by atoms with Crippen LogP contribution < -0.4 is 0 Å². The Balaban J connectivity index is 1.80. The molecule has 0 bridgehead atoms. The predicted octanol–water partition coefficient (Wildman–Crippen LogP) is 5.91. The minimum absolute atomic E-state index is 0.138. The molecular weight excluding hydrogens is 328 g/mol. The predicted molar refractivity (Wildman–Crippen MR) is 87.4 cm³/mol.